The first-order valence-corrected chi connectivity index (χ1v) is 9.98. The van der Waals surface area contributed by atoms with Crippen molar-refractivity contribution in [2.24, 2.45) is 0 Å². The average Bonchev–Trinajstić information content (AvgIpc) is 3.29. The van der Waals surface area contributed by atoms with Gasteiger partial charge in [-0.05, 0) is 56.0 Å². The number of nitrogens with one attached hydrogen (secondary N) is 1. The molecule has 29 heavy (non-hydrogen) atoms. The van der Waals surface area contributed by atoms with Gasteiger partial charge in [-0.1, -0.05) is 0 Å². The molecule has 6 nitrogen and oxygen atoms in total. The lowest BCUT2D eigenvalue weighted by atomic mass is 9.96. The summed E-state index contributed by atoms with van der Waals surface area (Å²) < 4.78 is 25.5. The number of likely N-dealkylation sites (tertiary alicyclic amines) is 1. The number of nitrogens with zero attached hydrogens (tertiary/aromatic N) is 2. The zero-order valence-electron chi connectivity index (χ0n) is 17.0. The largest absolute Gasteiger partial charge is 0.494 e. The summed E-state index contributed by atoms with van der Waals surface area (Å²) >= 11 is 0. The van der Waals surface area contributed by atoms with E-state index < -0.39 is 5.54 Å². The van der Waals surface area contributed by atoms with Crippen molar-refractivity contribution in [1.29, 1.82) is 0 Å². The molecule has 2 aliphatic rings. The molecule has 2 aliphatic heterocycles. The molecule has 3 heterocycles. The van der Waals surface area contributed by atoms with Crippen LogP contribution in [0.3, 0.4) is 0 Å². The van der Waals surface area contributed by atoms with Crippen LogP contribution in [0.4, 0.5) is 4.39 Å². The van der Waals surface area contributed by atoms with Crippen LogP contribution in [0.15, 0.2) is 30.3 Å². The quantitative estimate of drug-likeness (QED) is 0.836. The van der Waals surface area contributed by atoms with Crippen molar-refractivity contribution in [2.75, 3.05) is 27.3 Å². The van der Waals surface area contributed by atoms with E-state index in [9.17, 15) is 9.18 Å². The van der Waals surface area contributed by atoms with Gasteiger partial charge in [0.25, 0.3) is 0 Å². The number of pyridine rings is 1. The molecule has 2 fully saturated rings. The Morgan fingerprint density at radius 1 is 1.31 bits per heavy atom. The van der Waals surface area contributed by atoms with E-state index in [1.54, 1.807) is 30.2 Å². The Morgan fingerprint density at radius 3 is 2.83 bits per heavy atom. The molecule has 1 aromatic heterocycles. The number of likely N-dealkylation sites (N-methyl/N-ethyl adjacent to an activating group) is 1. The van der Waals surface area contributed by atoms with E-state index in [1.165, 1.54) is 6.07 Å². The number of ether oxygens (including phenoxy) is 2. The molecule has 0 bridgehead atoms. The van der Waals surface area contributed by atoms with Gasteiger partial charge in [-0.15, -0.1) is 0 Å². The fourth-order valence-corrected chi connectivity index (χ4v) is 4.34. The number of aromatic nitrogens is 1. The number of carbonyl (C=O) groups is 1. The highest BCUT2D eigenvalue weighted by atomic mass is 19.1. The summed E-state index contributed by atoms with van der Waals surface area (Å²) in [5.74, 6) is 0.824. The number of rotatable bonds is 5. The van der Waals surface area contributed by atoms with Crippen molar-refractivity contribution in [1.82, 2.24) is 15.2 Å². The number of halogens is 1. The molecule has 1 spiro atoms. The van der Waals surface area contributed by atoms with Crippen LogP contribution in [0, 0.1) is 5.82 Å². The number of carbonyl (C=O) groups excluding carboxylic acids is 1. The van der Waals surface area contributed by atoms with E-state index in [1.807, 2.05) is 20.0 Å². The van der Waals surface area contributed by atoms with Crippen molar-refractivity contribution in [2.45, 2.75) is 37.8 Å². The van der Waals surface area contributed by atoms with Gasteiger partial charge in [0.15, 0.2) is 0 Å². The third-order valence-corrected chi connectivity index (χ3v) is 5.89. The lowest BCUT2D eigenvalue weighted by molar-refractivity contribution is -0.131. The van der Waals surface area contributed by atoms with Crippen molar-refractivity contribution in [3.8, 4) is 22.8 Å². The van der Waals surface area contributed by atoms with Crippen LogP contribution in [0.1, 0.15) is 37.9 Å². The van der Waals surface area contributed by atoms with Crippen molar-refractivity contribution in [3.05, 3.63) is 41.8 Å². The highest BCUT2D eigenvalue weighted by Gasteiger charge is 2.50. The summed E-state index contributed by atoms with van der Waals surface area (Å²) in [6.07, 6.45) is 2.35. The van der Waals surface area contributed by atoms with Gasteiger partial charge < -0.3 is 14.4 Å². The molecule has 0 aliphatic carbocycles. The Hall–Kier alpha value is -2.67. The van der Waals surface area contributed by atoms with Gasteiger partial charge in [0.05, 0.1) is 25.5 Å². The van der Waals surface area contributed by atoms with Crippen molar-refractivity contribution >= 4 is 5.91 Å². The molecule has 2 aromatic rings. The summed E-state index contributed by atoms with van der Waals surface area (Å²) in [5, 5.41) is 3.51. The molecule has 2 atom stereocenters. The molecule has 2 saturated heterocycles. The lowest BCUT2D eigenvalue weighted by Crippen LogP contribution is -2.47. The van der Waals surface area contributed by atoms with E-state index in [-0.39, 0.29) is 17.8 Å². The molecule has 7 heteroatoms. The van der Waals surface area contributed by atoms with Gasteiger partial charge in [0.2, 0.25) is 11.8 Å². The number of hydrogen-bond acceptors (Lipinski definition) is 5. The summed E-state index contributed by atoms with van der Waals surface area (Å²) in [7, 11) is 3.38. The van der Waals surface area contributed by atoms with E-state index >= 15 is 0 Å². The van der Waals surface area contributed by atoms with Gasteiger partial charge >= 0.3 is 0 Å². The molecular weight excluding hydrogens is 373 g/mol. The molecule has 1 aromatic carbocycles. The first-order chi connectivity index (χ1) is 14.0. The Labute approximate surface area is 170 Å². The molecule has 154 valence electrons. The maximum atomic E-state index is 14.6. The predicted molar refractivity (Wildman–Crippen MR) is 107 cm³/mol. The highest BCUT2D eigenvalue weighted by Crippen LogP contribution is 2.40. The van der Waals surface area contributed by atoms with Gasteiger partial charge in [-0.3, -0.25) is 10.1 Å². The van der Waals surface area contributed by atoms with Crippen LogP contribution >= 0.6 is 0 Å². The smallest absolute Gasteiger partial charge is 0.242 e. The van der Waals surface area contributed by atoms with E-state index in [0.29, 0.717) is 29.4 Å². The summed E-state index contributed by atoms with van der Waals surface area (Å²) in [4.78, 5) is 19.0. The van der Waals surface area contributed by atoms with E-state index in [4.69, 9.17) is 9.47 Å². The van der Waals surface area contributed by atoms with E-state index in [0.717, 1.165) is 31.5 Å². The zero-order valence-corrected chi connectivity index (χ0v) is 17.0. The highest BCUT2D eigenvalue weighted by molar-refractivity contribution is 5.88. The Bertz CT molecular complexity index is 936. The Kier molecular flexibility index (Phi) is 5.17. The fourth-order valence-electron chi connectivity index (χ4n) is 4.34. The van der Waals surface area contributed by atoms with Crippen LogP contribution in [0.25, 0.3) is 11.1 Å². The second-order valence-corrected chi connectivity index (χ2v) is 7.69. The van der Waals surface area contributed by atoms with Gasteiger partial charge in [-0.2, -0.15) is 0 Å². The topological polar surface area (TPSA) is 63.7 Å². The fraction of sp³-hybridized carbons (Fsp3) is 0.455. The van der Waals surface area contributed by atoms with Crippen LogP contribution < -0.4 is 14.8 Å². The van der Waals surface area contributed by atoms with Gasteiger partial charge in [0.1, 0.15) is 17.1 Å². The second kappa shape index (κ2) is 7.63. The SMILES string of the molecule is CCOc1ccc(F)c(-c2cc(OC)nc([C@H]3CC[C@]4(CCN(C)C4=O)N3)c2)c1. The molecule has 0 saturated carbocycles. The Balaban J connectivity index is 1.69. The minimum atomic E-state index is -0.509. The lowest BCUT2D eigenvalue weighted by Gasteiger charge is -2.23. The normalized spacial score (nSPS) is 23.8. The molecule has 0 unspecified atom stereocenters. The van der Waals surface area contributed by atoms with Gasteiger partial charge in [-0.25, -0.2) is 9.37 Å². The molecular formula is C22H26FN3O3. The van der Waals surface area contributed by atoms with Gasteiger partial charge in [0, 0.05) is 25.2 Å². The van der Waals surface area contributed by atoms with Crippen LogP contribution in [0.5, 0.6) is 11.6 Å². The summed E-state index contributed by atoms with van der Waals surface area (Å²) in [5.41, 5.74) is 1.34. The molecule has 1 amide bonds. The second-order valence-electron chi connectivity index (χ2n) is 7.69. The average molecular weight is 399 g/mol. The monoisotopic (exact) mass is 399 g/mol. The van der Waals surface area contributed by atoms with Crippen LogP contribution in [-0.4, -0.2) is 48.6 Å². The number of hydrogen-bond donors (Lipinski definition) is 1. The molecule has 1 N–H and O–H groups in total. The number of benzene rings is 1. The van der Waals surface area contributed by atoms with Crippen molar-refractivity contribution < 1.29 is 18.7 Å². The Morgan fingerprint density at radius 2 is 2.14 bits per heavy atom. The third-order valence-electron chi connectivity index (χ3n) is 5.89. The van der Waals surface area contributed by atoms with Crippen LogP contribution in [0.2, 0.25) is 0 Å². The third kappa shape index (κ3) is 3.55. The standard InChI is InChI=1S/C22H26FN3O3/c1-4-29-15-5-6-17(23)16(13-15)14-11-19(24-20(12-14)28-3)18-7-8-22(25-18)9-10-26(2)21(22)27/h5-6,11-13,18,25H,4,7-10H2,1-3H3/t18-,22-/m1/s1. The summed E-state index contributed by atoms with van der Waals surface area (Å²) in [6, 6.07) is 8.22. The first-order valence-electron chi connectivity index (χ1n) is 9.98. The van der Waals surface area contributed by atoms with Crippen molar-refractivity contribution in [3.63, 3.8) is 0 Å². The minimum absolute atomic E-state index is 0.0857. The number of amides is 1. The summed E-state index contributed by atoms with van der Waals surface area (Å²) in [6.45, 7) is 3.15. The van der Waals surface area contributed by atoms with E-state index in [2.05, 4.69) is 10.3 Å². The first kappa shape index (κ1) is 19.6. The zero-order chi connectivity index (χ0) is 20.6. The predicted octanol–water partition coefficient (Wildman–Crippen LogP) is 3.32. The maximum absolute atomic E-state index is 14.6. The van der Waals surface area contributed by atoms with Crippen LogP contribution in [-0.2, 0) is 4.79 Å². The molecule has 0 radical (unpaired) electrons. The number of methoxy groups -OCH3 is 1. The minimum Gasteiger partial charge on any atom is -0.494 e. The maximum Gasteiger partial charge on any atom is 0.242 e. The molecule has 4 rings (SSSR count).